The summed E-state index contributed by atoms with van der Waals surface area (Å²) in [4.78, 5) is 11.7. The smallest absolute Gasteiger partial charge is 0.274 e. The average Bonchev–Trinajstić information content (AvgIpc) is 2.68. The fourth-order valence-corrected chi connectivity index (χ4v) is 1.40. The number of aromatic nitrogens is 2. The number of carbonyl (C=O) groups is 1. The molecule has 0 fully saturated rings. The van der Waals surface area contributed by atoms with Crippen molar-refractivity contribution in [2.75, 3.05) is 18.9 Å². The molecule has 1 rings (SSSR count). The number of anilines is 1. The van der Waals surface area contributed by atoms with Crippen LogP contribution in [-0.2, 0) is 6.42 Å². The molecular formula is C10H18N4O3. The molecule has 17 heavy (non-hydrogen) atoms. The minimum absolute atomic E-state index is 0.0975. The Morgan fingerprint density at radius 3 is 2.71 bits per heavy atom. The van der Waals surface area contributed by atoms with Crippen molar-refractivity contribution in [3.63, 3.8) is 0 Å². The molecule has 0 aliphatic heterocycles. The van der Waals surface area contributed by atoms with E-state index in [1.54, 1.807) is 0 Å². The van der Waals surface area contributed by atoms with Crippen LogP contribution < -0.4 is 11.1 Å². The van der Waals surface area contributed by atoms with Gasteiger partial charge in [0.25, 0.3) is 5.91 Å². The first kappa shape index (κ1) is 13.5. The van der Waals surface area contributed by atoms with Crippen LogP contribution in [0.25, 0.3) is 0 Å². The number of aliphatic hydroxyl groups excluding tert-OH is 2. The summed E-state index contributed by atoms with van der Waals surface area (Å²) in [6.07, 6.45) is 1.61. The maximum absolute atomic E-state index is 11.7. The van der Waals surface area contributed by atoms with E-state index in [-0.39, 0.29) is 18.9 Å². The van der Waals surface area contributed by atoms with Gasteiger partial charge in [-0.3, -0.25) is 9.89 Å². The fourth-order valence-electron chi connectivity index (χ4n) is 1.40. The third kappa shape index (κ3) is 3.18. The Bertz CT molecular complexity index is 374. The van der Waals surface area contributed by atoms with Crippen LogP contribution in [0.3, 0.4) is 0 Å². The van der Waals surface area contributed by atoms with Crippen molar-refractivity contribution >= 4 is 11.6 Å². The first-order valence-electron chi connectivity index (χ1n) is 5.49. The van der Waals surface area contributed by atoms with Crippen molar-refractivity contribution in [3.8, 4) is 0 Å². The number of nitrogens with zero attached hydrogens (tertiary/aromatic N) is 1. The molecule has 6 N–H and O–H groups in total. The Kier molecular flexibility index (Phi) is 4.92. The maximum Gasteiger partial charge on any atom is 0.274 e. The number of aliphatic hydroxyl groups is 2. The van der Waals surface area contributed by atoms with E-state index in [1.165, 1.54) is 0 Å². The van der Waals surface area contributed by atoms with E-state index < -0.39 is 11.9 Å². The van der Waals surface area contributed by atoms with Gasteiger partial charge in [0.1, 0.15) is 0 Å². The number of aryl methyl sites for hydroxylation is 1. The summed E-state index contributed by atoms with van der Waals surface area (Å²) in [7, 11) is 0. The van der Waals surface area contributed by atoms with E-state index >= 15 is 0 Å². The molecule has 0 aromatic carbocycles. The summed E-state index contributed by atoms with van der Waals surface area (Å²) >= 11 is 0. The lowest BCUT2D eigenvalue weighted by Gasteiger charge is -2.12. The molecule has 7 nitrogen and oxygen atoms in total. The summed E-state index contributed by atoms with van der Waals surface area (Å²) < 4.78 is 0. The first-order chi connectivity index (χ1) is 8.13. The lowest BCUT2D eigenvalue weighted by atomic mass is 10.2. The molecule has 1 heterocycles. The Balaban J connectivity index is 2.75. The van der Waals surface area contributed by atoms with Crippen LogP contribution in [0, 0.1) is 0 Å². The highest BCUT2D eigenvalue weighted by Crippen LogP contribution is 2.15. The minimum Gasteiger partial charge on any atom is -0.395 e. The highest BCUT2D eigenvalue weighted by Gasteiger charge is 2.19. The third-order valence-corrected chi connectivity index (χ3v) is 2.37. The molecule has 96 valence electrons. The maximum atomic E-state index is 11.7. The van der Waals surface area contributed by atoms with Gasteiger partial charge in [0.05, 0.1) is 30.6 Å². The van der Waals surface area contributed by atoms with Crippen LogP contribution in [0.4, 0.5) is 5.69 Å². The largest absolute Gasteiger partial charge is 0.395 e. The van der Waals surface area contributed by atoms with Crippen molar-refractivity contribution in [1.29, 1.82) is 0 Å². The summed E-state index contributed by atoms with van der Waals surface area (Å²) in [5.41, 5.74) is 6.91. The van der Waals surface area contributed by atoms with Crippen molar-refractivity contribution < 1.29 is 15.0 Å². The van der Waals surface area contributed by atoms with Crippen molar-refractivity contribution in [2.24, 2.45) is 0 Å². The average molecular weight is 242 g/mol. The van der Waals surface area contributed by atoms with Crippen LogP contribution in [-0.4, -0.2) is 45.6 Å². The van der Waals surface area contributed by atoms with E-state index in [0.29, 0.717) is 5.69 Å². The van der Waals surface area contributed by atoms with E-state index in [9.17, 15) is 4.79 Å². The summed E-state index contributed by atoms with van der Waals surface area (Å²) in [5.74, 6) is -0.505. The van der Waals surface area contributed by atoms with E-state index in [4.69, 9.17) is 15.9 Å². The number of amides is 1. The third-order valence-electron chi connectivity index (χ3n) is 2.37. The Morgan fingerprint density at radius 1 is 1.53 bits per heavy atom. The van der Waals surface area contributed by atoms with Gasteiger partial charge in [-0.2, -0.15) is 5.10 Å². The zero-order chi connectivity index (χ0) is 12.8. The van der Waals surface area contributed by atoms with Crippen LogP contribution in [0.15, 0.2) is 0 Å². The molecule has 0 bridgehead atoms. The molecule has 1 aromatic heterocycles. The first-order valence-corrected chi connectivity index (χ1v) is 5.49. The molecule has 0 atom stereocenters. The van der Waals surface area contributed by atoms with E-state index in [2.05, 4.69) is 15.5 Å². The molecule has 0 saturated heterocycles. The lowest BCUT2D eigenvalue weighted by molar-refractivity contribution is 0.0875. The molecule has 7 heteroatoms. The van der Waals surface area contributed by atoms with Crippen LogP contribution >= 0.6 is 0 Å². The summed E-state index contributed by atoms with van der Waals surface area (Å²) in [5, 5.41) is 26.7. The molecular weight excluding hydrogens is 224 g/mol. The van der Waals surface area contributed by atoms with Gasteiger partial charge in [0.15, 0.2) is 5.69 Å². The van der Waals surface area contributed by atoms with E-state index in [1.807, 2.05) is 6.92 Å². The highest BCUT2D eigenvalue weighted by molar-refractivity contribution is 5.97. The Labute approximate surface area is 99.0 Å². The molecule has 0 unspecified atom stereocenters. The topological polar surface area (TPSA) is 124 Å². The van der Waals surface area contributed by atoms with Gasteiger partial charge in [0.2, 0.25) is 0 Å². The number of nitrogens with two attached hydrogens (primary N) is 1. The van der Waals surface area contributed by atoms with Gasteiger partial charge in [-0.25, -0.2) is 0 Å². The second-order valence-corrected chi connectivity index (χ2v) is 3.75. The molecule has 0 spiro atoms. The van der Waals surface area contributed by atoms with Crippen LogP contribution in [0.1, 0.15) is 29.5 Å². The number of H-pyrrole nitrogens is 1. The SMILES string of the molecule is CCCc1[nH]nc(C(=O)NC(CO)CO)c1N. The molecule has 1 amide bonds. The predicted molar refractivity (Wildman–Crippen MR) is 62.4 cm³/mol. The molecule has 1 aromatic rings. The second-order valence-electron chi connectivity index (χ2n) is 3.75. The number of nitrogen functional groups attached to an aromatic ring is 1. The predicted octanol–water partition coefficient (Wildman–Crippen LogP) is -0.973. The quantitative estimate of drug-likeness (QED) is 0.439. The minimum atomic E-state index is -0.701. The molecule has 0 radical (unpaired) electrons. The molecule has 0 aliphatic carbocycles. The van der Waals surface area contributed by atoms with Gasteiger partial charge in [-0.05, 0) is 6.42 Å². The van der Waals surface area contributed by atoms with Gasteiger partial charge in [0, 0.05) is 0 Å². The number of nitrogens with one attached hydrogen (secondary N) is 2. The van der Waals surface area contributed by atoms with Crippen LogP contribution in [0.2, 0.25) is 0 Å². The van der Waals surface area contributed by atoms with Gasteiger partial charge in [-0.1, -0.05) is 13.3 Å². The number of hydrogen-bond acceptors (Lipinski definition) is 5. The van der Waals surface area contributed by atoms with Crippen molar-refractivity contribution in [3.05, 3.63) is 11.4 Å². The van der Waals surface area contributed by atoms with Gasteiger partial charge < -0.3 is 21.3 Å². The number of aromatic amines is 1. The normalized spacial score (nSPS) is 10.8. The monoisotopic (exact) mass is 242 g/mol. The van der Waals surface area contributed by atoms with Gasteiger partial charge in [-0.15, -0.1) is 0 Å². The Hall–Kier alpha value is -1.60. The Morgan fingerprint density at radius 2 is 2.18 bits per heavy atom. The standard InChI is InChI=1S/C10H18N4O3/c1-2-3-7-8(11)9(14-13-7)10(17)12-6(4-15)5-16/h6,15-16H,2-5,11H2,1H3,(H,12,17)(H,13,14). The second kappa shape index (κ2) is 6.21. The van der Waals surface area contributed by atoms with E-state index in [0.717, 1.165) is 18.5 Å². The number of carbonyl (C=O) groups excluding carboxylic acids is 1. The van der Waals surface area contributed by atoms with Crippen LogP contribution in [0.5, 0.6) is 0 Å². The molecule has 0 aliphatic rings. The molecule has 0 saturated carbocycles. The zero-order valence-electron chi connectivity index (χ0n) is 9.73. The lowest BCUT2D eigenvalue weighted by Crippen LogP contribution is -2.40. The number of rotatable bonds is 6. The van der Waals surface area contributed by atoms with Gasteiger partial charge >= 0.3 is 0 Å². The van der Waals surface area contributed by atoms with Crippen molar-refractivity contribution in [1.82, 2.24) is 15.5 Å². The fraction of sp³-hybridized carbons (Fsp3) is 0.600. The highest BCUT2D eigenvalue weighted by atomic mass is 16.3. The number of hydrogen-bond donors (Lipinski definition) is 5. The summed E-state index contributed by atoms with van der Waals surface area (Å²) in [6.45, 7) is 1.32. The summed E-state index contributed by atoms with van der Waals surface area (Å²) in [6, 6.07) is -0.701. The van der Waals surface area contributed by atoms with Crippen molar-refractivity contribution in [2.45, 2.75) is 25.8 Å². The zero-order valence-corrected chi connectivity index (χ0v) is 9.73.